The van der Waals surface area contributed by atoms with E-state index in [1.165, 1.54) is 20.0 Å². The lowest BCUT2D eigenvalue weighted by Crippen LogP contribution is -2.15. The molecule has 2 aromatic rings. The van der Waals surface area contributed by atoms with E-state index in [4.69, 9.17) is 4.74 Å². The van der Waals surface area contributed by atoms with Crippen LogP contribution < -0.4 is 5.32 Å². The van der Waals surface area contributed by atoms with Gasteiger partial charge in [-0.1, -0.05) is 19.1 Å². The molecule has 1 aromatic carbocycles. The van der Waals surface area contributed by atoms with Crippen molar-refractivity contribution in [2.75, 3.05) is 12.4 Å². The molecule has 23 heavy (non-hydrogen) atoms. The van der Waals surface area contributed by atoms with Crippen molar-refractivity contribution in [3.8, 4) is 0 Å². The summed E-state index contributed by atoms with van der Waals surface area (Å²) >= 11 is 0. The van der Waals surface area contributed by atoms with Crippen molar-refractivity contribution in [1.82, 2.24) is 9.97 Å². The molecule has 1 aromatic heterocycles. The zero-order chi connectivity index (χ0) is 16.2. The van der Waals surface area contributed by atoms with Crippen LogP contribution in [0.3, 0.4) is 0 Å². The molecule has 0 saturated heterocycles. The van der Waals surface area contributed by atoms with Gasteiger partial charge < -0.3 is 10.1 Å². The summed E-state index contributed by atoms with van der Waals surface area (Å²) in [5.41, 5.74) is 2.08. The second-order valence-corrected chi connectivity index (χ2v) is 6.02. The number of hydrogen-bond acceptors (Lipinski definition) is 5. The van der Waals surface area contributed by atoms with Gasteiger partial charge in [-0.2, -0.15) is 0 Å². The molecule has 1 fully saturated rings. The molecule has 1 N–H and O–H groups in total. The van der Waals surface area contributed by atoms with Gasteiger partial charge in [0.2, 0.25) is 0 Å². The molecule has 1 aliphatic carbocycles. The van der Waals surface area contributed by atoms with Gasteiger partial charge in [-0.3, -0.25) is 4.79 Å². The number of carbonyl (C=O) groups is 1. The minimum absolute atomic E-state index is 0.137. The smallest absolute Gasteiger partial charge is 0.308 e. The van der Waals surface area contributed by atoms with E-state index in [-0.39, 0.29) is 11.9 Å². The van der Waals surface area contributed by atoms with Gasteiger partial charge in [0.1, 0.15) is 11.6 Å². The first-order valence-corrected chi connectivity index (χ1v) is 7.92. The van der Waals surface area contributed by atoms with E-state index in [0.29, 0.717) is 12.3 Å². The molecule has 0 aliphatic heterocycles. The average Bonchev–Trinajstić information content (AvgIpc) is 3.41. The number of aromatic nitrogens is 2. The van der Waals surface area contributed by atoms with Crippen LogP contribution in [-0.4, -0.2) is 23.0 Å². The summed E-state index contributed by atoms with van der Waals surface area (Å²) in [6.07, 6.45) is 4.86. The molecule has 0 spiro atoms. The largest absolute Gasteiger partial charge is 0.469 e. The van der Waals surface area contributed by atoms with E-state index >= 15 is 0 Å². The molecule has 5 heteroatoms. The Bertz CT molecular complexity index is 681. The SMILES string of the molecule is COC(=O)C(C)Cc1ccc(Nc2ccnc(C3CC3)n2)cc1. The van der Waals surface area contributed by atoms with Crippen LogP contribution in [0.2, 0.25) is 0 Å². The molecular weight excluding hydrogens is 290 g/mol. The predicted octanol–water partition coefficient (Wildman–Crippen LogP) is 3.45. The number of anilines is 2. The molecule has 0 amide bonds. The molecule has 1 saturated carbocycles. The Balaban J connectivity index is 1.63. The molecular formula is C18H21N3O2. The molecule has 3 rings (SSSR count). The zero-order valence-electron chi connectivity index (χ0n) is 13.5. The predicted molar refractivity (Wildman–Crippen MR) is 88.6 cm³/mol. The summed E-state index contributed by atoms with van der Waals surface area (Å²) in [6.45, 7) is 1.87. The van der Waals surface area contributed by atoms with Crippen LogP contribution in [0.25, 0.3) is 0 Å². The fourth-order valence-electron chi connectivity index (χ4n) is 2.49. The quantitative estimate of drug-likeness (QED) is 0.828. The second kappa shape index (κ2) is 6.77. The summed E-state index contributed by atoms with van der Waals surface area (Å²) in [6, 6.07) is 9.91. The van der Waals surface area contributed by atoms with Gasteiger partial charge in [-0.25, -0.2) is 9.97 Å². The molecule has 1 aliphatic rings. The van der Waals surface area contributed by atoms with Gasteiger partial charge in [0.25, 0.3) is 0 Å². The lowest BCUT2D eigenvalue weighted by molar-refractivity contribution is -0.144. The zero-order valence-corrected chi connectivity index (χ0v) is 13.5. The third-order valence-electron chi connectivity index (χ3n) is 3.99. The fraction of sp³-hybridized carbons (Fsp3) is 0.389. The first kappa shape index (κ1) is 15.5. The number of hydrogen-bond donors (Lipinski definition) is 1. The number of methoxy groups -OCH3 is 1. The highest BCUT2D eigenvalue weighted by Crippen LogP contribution is 2.38. The highest BCUT2D eigenvalue weighted by molar-refractivity contribution is 5.72. The van der Waals surface area contributed by atoms with Crippen LogP contribution in [0.5, 0.6) is 0 Å². The van der Waals surface area contributed by atoms with Crippen LogP contribution in [0.4, 0.5) is 11.5 Å². The number of nitrogens with one attached hydrogen (secondary N) is 1. The summed E-state index contributed by atoms with van der Waals surface area (Å²) in [7, 11) is 1.42. The normalized spacial score (nSPS) is 15.0. The van der Waals surface area contributed by atoms with Crippen molar-refractivity contribution >= 4 is 17.5 Å². The molecule has 1 unspecified atom stereocenters. The van der Waals surface area contributed by atoms with Crippen LogP contribution >= 0.6 is 0 Å². The topological polar surface area (TPSA) is 64.1 Å². The number of rotatable bonds is 6. The monoisotopic (exact) mass is 311 g/mol. The molecule has 0 bridgehead atoms. The minimum atomic E-state index is -0.180. The number of carbonyl (C=O) groups excluding carboxylic acids is 1. The van der Waals surface area contributed by atoms with E-state index in [0.717, 1.165) is 22.9 Å². The van der Waals surface area contributed by atoms with Gasteiger partial charge in [-0.15, -0.1) is 0 Å². The Labute approximate surface area is 136 Å². The molecule has 120 valence electrons. The Kier molecular flexibility index (Phi) is 4.55. The van der Waals surface area contributed by atoms with E-state index in [2.05, 4.69) is 15.3 Å². The lowest BCUT2D eigenvalue weighted by Gasteiger charge is -2.10. The van der Waals surface area contributed by atoms with Gasteiger partial charge in [0.15, 0.2) is 0 Å². The van der Waals surface area contributed by atoms with Gasteiger partial charge in [0, 0.05) is 17.8 Å². The summed E-state index contributed by atoms with van der Waals surface area (Å²) in [4.78, 5) is 20.3. The highest BCUT2D eigenvalue weighted by Gasteiger charge is 2.26. The minimum Gasteiger partial charge on any atom is -0.469 e. The van der Waals surface area contributed by atoms with Crippen molar-refractivity contribution in [1.29, 1.82) is 0 Å². The Morgan fingerprint density at radius 2 is 2.04 bits per heavy atom. The first-order valence-electron chi connectivity index (χ1n) is 7.92. The molecule has 1 atom stereocenters. The fourth-order valence-corrected chi connectivity index (χ4v) is 2.49. The van der Waals surface area contributed by atoms with Crippen molar-refractivity contribution in [2.24, 2.45) is 5.92 Å². The average molecular weight is 311 g/mol. The molecule has 5 nitrogen and oxygen atoms in total. The molecule has 1 heterocycles. The standard InChI is InChI=1S/C18H21N3O2/c1-12(18(22)23-2)11-13-3-7-15(8-4-13)20-16-9-10-19-17(21-16)14-5-6-14/h3-4,7-10,12,14H,5-6,11H2,1-2H3,(H,19,20,21). The van der Waals surface area contributed by atoms with E-state index in [9.17, 15) is 4.79 Å². The Morgan fingerprint density at radius 1 is 1.30 bits per heavy atom. The maximum absolute atomic E-state index is 11.5. The third kappa shape index (κ3) is 4.06. The maximum atomic E-state index is 11.5. The second-order valence-electron chi connectivity index (χ2n) is 6.02. The van der Waals surface area contributed by atoms with Crippen LogP contribution in [0.15, 0.2) is 36.5 Å². The maximum Gasteiger partial charge on any atom is 0.308 e. The van der Waals surface area contributed by atoms with Crippen LogP contribution in [-0.2, 0) is 16.0 Å². The van der Waals surface area contributed by atoms with E-state index in [1.54, 1.807) is 6.20 Å². The van der Waals surface area contributed by atoms with Crippen molar-refractivity contribution in [2.45, 2.75) is 32.1 Å². The number of benzene rings is 1. The van der Waals surface area contributed by atoms with E-state index in [1.807, 2.05) is 37.3 Å². The van der Waals surface area contributed by atoms with Crippen molar-refractivity contribution < 1.29 is 9.53 Å². The first-order chi connectivity index (χ1) is 11.2. The van der Waals surface area contributed by atoms with Gasteiger partial charge in [0.05, 0.1) is 13.0 Å². The Morgan fingerprint density at radius 3 is 2.70 bits per heavy atom. The number of ether oxygens (including phenoxy) is 1. The lowest BCUT2D eigenvalue weighted by atomic mass is 10.0. The third-order valence-corrected chi connectivity index (χ3v) is 3.99. The van der Waals surface area contributed by atoms with Crippen molar-refractivity contribution in [3.05, 3.63) is 47.9 Å². The number of nitrogens with zero attached hydrogens (tertiary/aromatic N) is 2. The summed E-state index contributed by atoms with van der Waals surface area (Å²) in [5.74, 6) is 1.97. The highest BCUT2D eigenvalue weighted by atomic mass is 16.5. The van der Waals surface area contributed by atoms with Crippen molar-refractivity contribution in [3.63, 3.8) is 0 Å². The Hall–Kier alpha value is -2.43. The van der Waals surface area contributed by atoms with E-state index < -0.39 is 0 Å². The number of esters is 1. The van der Waals surface area contributed by atoms with Crippen LogP contribution in [0, 0.1) is 5.92 Å². The van der Waals surface area contributed by atoms with Crippen LogP contribution in [0.1, 0.15) is 37.1 Å². The molecule has 0 radical (unpaired) electrons. The van der Waals surface area contributed by atoms with Gasteiger partial charge in [-0.05, 0) is 43.0 Å². The summed E-state index contributed by atoms with van der Waals surface area (Å²) in [5, 5.41) is 3.30. The van der Waals surface area contributed by atoms with Gasteiger partial charge >= 0.3 is 5.97 Å². The summed E-state index contributed by atoms with van der Waals surface area (Å²) < 4.78 is 4.76.